The molecule has 0 bridgehead atoms. The van der Waals surface area contributed by atoms with Crippen LogP contribution in [-0.4, -0.2) is 47.7 Å². The molecule has 1 amide bonds. The van der Waals surface area contributed by atoms with Crippen LogP contribution in [0.4, 0.5) is 10.8 Å². The van der Waals surface area contributed by atoms with Crippen LogP contribution in [-0.2, 0) is 16.1 Å². The third-order valence-electron chi connectivity index (χ3n) is 4.43. The molecule has 12 nitrogen and oxygen atoms in total. The van der Waals surface area contributed by atoms with E-state index in [-0.39, 0.29) is 10.7 Å². The minimum Gasteiger partial charge on any atom is -0.497 e. The summed E-state index contributed by atoms with van der Waals surface area (Å²) in [5.41, 5.74) is -0.915. The number of carbonyl (C=O) groups excluding carboxylic acids is 2. The van der Waals surface area contributed by atoms with Crippen LogP contribution in [0.1, 0.15) is 10.4 Å². The molecule has 0 saturated carbocycles. The van der Waals surface area contributed by atoms with Gasteiger partial charge in [0.25, 0.3) is 0 Å². The van der Waals surface area contributed by atoms with E-state index in [1.54, 1.807) is 23.6 Å². The maximum atomic E-state index is 12.5. The fraction of sp³-hybridized carbons (Fsp3) is 0.200. The molecule has 2 heterocycles. The van der Waals surface area contributed by atoms with E-state index in [9.17, 15) is 24.5 Å². The lowest BCUT2D eigenvalue weighted by molar-refractivity contribution is -0.386. The van der Waals surface area contributed by atoms with Crippen molar-refractivity contribution in [2.75, 3.05) is 26.6 Å². The molecule has 0 aliphatic carbocycles. The number of nitrogens with one attached hydrogen (secondary N) is 1. The van der Waals surface area contributed by atoms with E-state index in [0.29, 0.717) is 22.8 Å². The van der Waals surface area contributed by atoms with Crippen LogP contribution in [0, 0.1) is 10.1 Å². The summed E-state index contributed by atoms with van der Waals surface area (Å²) in [6, 6.07) is 6.00. The normalized spacial score (nSPS) is 10.4. The van der Waals surface area contributed by atoms with Crippen molar-refractivity contribution in [3.05, 3.63) is 61.9 Å². The topological polar surface area (TPSA) is 152 Å². The van der Waals surface area contributed by atoms with Gasteiger partial charge < -0.3 is 19.5 Å². The number of ether oxygens (including phenoxy) is 3. The van der Waals surface area contributed by atoms with E-state index in [2.05, 4.69) is 15.0 Å². The van der Waals surface area contributed by atoms with Crippen LogP contribution in [0.25, 0.3) is 11.3 Å². The number of amides is 1. The molecule has 0 spiro atoms. The molecule has 0 atom stereocenters. The predicted molar refractivity (Wildman–Crippen MR) is 118 cm³/mol. The molecule has 0 aliphatic heterocycles. The van der Waals surface area contributed by atoms with Gasteiger partial charge >= 0.3 is 17.2 Å². The highest BCUT2D eigenvalue weighted by molar-refractivity contribution is 7.14. The number of anilines is 1. The molecular weight excluding hydrogens is 456 g/mol. The van der Waals surface area contributed by atoms with Gasteiger partial charge in [-0.15, -0.1) is 11.3 Å². The third-order valence-corrected chi connectivity index (χ3v) is 5.19. The van der Waals surface area contributed by atoms with Gasteiger partial charge in [0, 0.05) is 29.3 Å². The van der Waals surface area contributed by atoms with Crippen LogP contribution in [0.15, 0.2) is 40.6 Å². The van der Waals surface area contributed by atoms with Gasteiger partial charge in [0.15, 0.2) is 5.13 Å². The maximum absolute atomic E-state index is 12.5. The van der Waals surface area contributed by atoms with Crippen molar-refractivity contribution in [1.29, 1.82) is 0 Å². The Balaban J connectivity index is 1.82. The van der Waals surface area contributed by atoms with Gasteiger partial charge in [-0.2, -0.15) is 0 Å². The highest BCUT2D eigenvalue weighted by Gasteiger charge is 2.21. The molecule has 172 valence electrons. The van der Waals surface area contributed by atoms with Crippen molar-refractivity contribution in [3.8, 4) is 22.8 Å². The van der Waals surface area contributed by atoms with Crippen molar-refractivity contribution >= 4 is 34.0 Å². The SMILES string of the molecule is COC(=O)c1cc([N+](=O)[O-])c(=O)n(CC(=O)Nc2nc(-c3ccc(OC)cc3OC)cs2)c1. The van der Waals surface area contributed by atoms with Crippen molar-refractivity contribution in [1.82, 2.24) is 9.55 Å². The number of nitrogens with zero attached hydrogens (tertiary/aromatic N) is 3. The average Bonchev–Trinajstić information content (AvgIpc) is 3.26. The van der Waals surface area contributed by atoms with Gasteiger partial charge in [0.1, 0.15) is 18.0 Å². The lowest BCUT2D eigenvalue weighted by Gasteiger charge is -2.09. The minimum atomic E-state index is -1.04. The number of hydrogen-bond donors (Lipinski definition) is 1. The first kappa shape index (κ1) is 23.4. The Labute approximate surface area is 190 Å². The number of benzene rings is 1. The number of methoxy groups -OCH3 is 3. The summed E-state index contributed by atoms with van der Waals surface area (Å²) in [6.45, 7) is -0.578. The van der Waals surface area contributed by atoms with Crippen LogP contribution in [0.2, 0.25) is 0 Å². The molecule has 0 unspecified atom stereocenters. The smallest absolute Gasteiger partial charge is 0.339 e. The van der Waals surface area contributed by atoms with Gasteiger partial charge in [-0.25, -0.2) is 9.78 Å². The standard InChI is InChI=1S/C20H18N4O8S/c1-30-12-4-5-13(16(7-12)31-2)14-10-33-20(21-14)22-17(25)9-23-8-11(19(27)32-3)6-15(18(23)26)24(28)29/h4-8,10H,9H2,1-3H3,(H,21,22,25). The fourth-order valence-corrected chi connectivity index (χ4v) is 3.60. The van der Waals surface area contributed by atoms with E-state index in [0.717, 1.165) is 35.3 Å². The zero-order valence-corrected chi connectivity index (χ0v) is 18.5. The van der Waals surface area contributed by atoms with E-state index < -0.39 is 34.6 Å². The molecular formula is C20H18N4O8S. The van der Waals surface area contributed by atoms with Crippen LogP contribution in [0.3, 0.4) is 0 Å². The van der Waals surface area contributed by atoms with Gasteiger partial charge in [0.05, 0.1) is 37.5 Å². The summed E-state index contributed by atoms with van der Waals surface area (Å²) in [6.07, 6.45) is 1.02. The zero-order valence-electron chi connectivity index (χ0n) is 17.7. The molecule has 1 aromatic carbocycles. The zero-order chi connectivity index (χ0) is 24.1. The number of pyridine rings is 1. The number of carbonyl (C=O) groups is 2. The Morgan fingerprint density at radius 1 is 1.21 bits per heavy atom. The monoisotopic (exact) mass is 474 g/mol. The van der Waals surface area contributed by atoms with Gasteiger partial charge in [-0.1, -0.05) is 0 Å². The summed E-state index contributed by atoms with van der Waals surface area (Å²) >= 11 is 1.14. The summed E-state index contributed by atoms with van der Waals surface area (Å²) < 4.78 is 15.8. The minimum absolute atomic E-state index is 0.236. The molecule has 13 heteroatoms. The lowest BCUT2D eigenvalue weighted by atomic mass is 10.1. The fourth-order valence-electron chi connectivity index (χ4n) is 2.88. The molecule has 0 aliphatic rings. The first-order valence-corrected chi connectivity index (χ1v) is 10.1. The Kier molecular flexibility index (Phi) is 7.03. The molecule has 1 N–H and O–H groups in total. The number of nitro groups is 1. The number of hydrogen-bond acceptors (Lipinski definition) is 10. The van der Waals surface area contributed by atoms with E-state index in [1.165, 1.54) is 14.2 Å². The van der Waals surface area contributed by atoms with Crippen molar-refractivity contribution in [3.63, 3.8) is 0 Å². The second kappa shape index (κ2) is 9.91. The molecule has 0 radical (unpaired) electrons. The van der Waals surface area contributed by atoms with E-state index in [4.69, 9.17) is 9.47 Å². The largest absolute Gasteiger partial charge is 0.497 e. The van der Waals surface area contributed by atoms with Crippen molar-refractivity contribution < 1.29 is 28.7 Å². The Morgan fingerprint density at radius 2 is 1.97 bits per heavy atom. The summed E-state index contributed by atoms with van der Waals surface area (Å²) in [4.78, 5) is 51.2. The number of rotatable bonds is 8. The van der Waals surface area contributed by atoms with Gasteiger partial charge in [-0.3, -0.25) is 24.3 Å². The van der Waals surface area contributed by atoms with Crippen molar-refractivity contribution in [2.45, 2.75) is 6.54 Å². The third kappa shape index (κ3) is 5.15. The summed E-state index contributed by atoms with van der Waals surface area (Å²) in [7, 11) is 4.13. The number of aromatic nitrogens is 2. The quantitative estimate of drug-likeness (QED) is 0.294. The first-order valence-electron chi connectivity index (χ1n) is 9.22. The molecule has 0 fully saturated rings. The lowest BCUT2D eigenvalue weighted by Crippen LogP contribution is -2.29. The van der Waals surface area contributed by atoms with Gasteiger partial charge in [-0.05, 0) is 12.1 Å². The van der Waals surface area contributed by atoms with Crippen LogP contribution >= 0.6 is 11.3 Å². The van der Waals surface area contributed by atoms with Crippen LogP contribution in [0.5, 0.6) is 11.5 Å². The second-order valence-corrected chi connectivity index (χ2v) is 7.31. The summed E-state index contributed by atoms with van der Waals surface area (Å²) in [5, 5.41) is 15.6. The number of esters is 1. The molecule has 3 aromatic rings. The highest BCUT2D eigenvalue weighted by Crippen LogP contribution is 2.34. The molecule has 33 heavy (non-hydrogen) atoms. The Hall–Kier alpha value is -4.26. The Morgan fingerprint density at radius 3 is 2.61 bits per heavy atom. The average molecular weight is 474 g/mol. The second-order valence-electron chi connectivity index (χ2n) is 6.45. The predicted octanol–water partition coefficient (Wildman–Crippen LogP) is 2.32. The van der Waals surface area contributed by atoms with E-state index in [1.807, 2.05) is 0 Å². The van der Waals surface area contributed by atoms with Gasteiger partial charge in [0.2, 0.25) is 5.91 Å². The number of thiazole rings is 1. The first-order chi connectivity index (χ1) is 15.8. The van der Waals surface area contributed by atoms with Crippen molar-refractivity contribution in [2.24, 2.45) is 0 Å². The summed E-state index contributed by atoms with van der Waals surface area (Å²) in [5.74, 6) is -0.426. The molecule has 3 rings (SSSR count). The highest BCUT2D eigenvalue weighted by atomic mass is 32.1. The molecule has 2 aromatic heterocycles. The maximum Gasteiger partial charge on any atom is 0.339 e. The Bertz CT molecular complexity index is 1280. The van der Waals surface area contributed by atoms with Crippen LogP contribution < -0.4 is 20.3 Å². The molecule has 0 saturated heterocycles. The van der Waals surface area contributed by atoms with E-state index >= 15 is 0 Å².